The third-order valence-electron chi connectivity index (χ3n) is 4.80. The number of rotatable bonds is 5. The van der Waals surface area contributed by atoms with Crippen molar-refractivity contribution >= 4 is 23.3 Å². The maximum atomic E-state index is 12.9. The summed E-state index contributed by atoms with van der Waals surface area (Å²) >= 11 is 0. The summed E-state index contributed by atoms with van der Waals surface area (Å²) in [5.74, 6) is 0.738. The van der Waals surface area contributed by atoms with E-state index >= 15 is 0 Å². The molecule has 7 heteroatoms. The smallest absolute Gasteiger partial charge is 0.322 e. The molecule has 1 aliphatic heterocycles. The molecule has 1 atom stereocenters. The Morgan fingerprint density at radius 3 is 2.25 bits per heavy atom. The van der Waals surface area contributed by atoms with Crippen LogP contribution in [0.25, 0.3) is 0 Å². The van der Waals surface area contributed by atoms with Crippen molar-refractivity contribution in [3.8, 4) is 11.5 Å². The van der Waals surface area contributed by atoms with E-state index in [4.69, 9.17) is 9.47 Å². The number of likely N-dealkylation sites (tertiary alicyclic amines) is 1. The van der Waals surface area contributed by atoms with Gasteiger partial charge in [-0.25, -0.2) is 4.79 Å². The van der Waals surface area contributed by atoms with Crippen LogP contribution in [-0.4, -0.2) is 43.6 Å². The summed E-state index contributed by atoms with van der Waals surface area (Å²) in [4.78, 5) is 27.2. The summed E-state index contributed by atoms with van der Waals surface area (Å²) in [7, 11) is 3.06. The number of aryl methyl sites for hydroxylation is 1. The largest absolute Gasteiger partial charge is 0.494 e. The molecular formula is C21H25N3O4. The summed E-state index contributed by atoms with van der Waals surface area (Å²) < 4.78 is 10.7. The molecule has 3 amide bonds. The van der Waals surface area contributed by atoms with Crippen molar-refractivity contribution in [2.24, 2.45) is 0 Å². The van der Waals surface area contributed by atoms with Gasteiger partial charge in [0, 0.05) is 12.2 Å². The van der Waals surface area contributed by atoms with Gasteiger partial charge < -0.3 is 25.0 Å². The monoisotopic (exact) mass is 383 g/mol. The molecule has 1 heterocycles. The van der Waals surface area contributed by atoms with Crippen LogP contribution in [0.3, 0.4) is 0 Å². The fourth-order valence-corrected chi connectivity index (χ4v) is 3.30. The van der Waals surface area contributed by atoms with E-state index in [-0.39, 0.29) is 11.9 Å². The van der Waals surface area contributed by atoms with Crippen molar-refractivity contribution in [3.05, 3.63) is 48.0 Å². The molecule has 0 aliphatic carbocycles. The van der Waals surface area contributed by atoms with Crippen molar-refractivity contribution in [3.63, 3.8) is 0 Å². The number of urea groups is 1. The highest BCUT2D eigenvalue weighted by Gasteiger charge is 2.35. The Labute approximate surface area is 164 Å². The minimum Gasteiger partial charge on any atom is -0.494 e. The van der Waals surface area contributed by atoms with Gasteiger partial charge in [-0.15, -0.1) is 0 Å². The van der Waals surface area contributed by atoms with Crippen LogP contribution < -0.4 is 20.1 Å². The first-order valence-electron chi connectivity index (χ1n) is 9.19. The third kappa shape index (κ3) is 4.19. The van der Waals surface area contributed by atoms with Crippen molar-refractivity contribution < 1.29 is 19.1 Å². The molecule has 0 aromatic heterocycles. The Morgan fingerprint density at radius 2 is 1.64 bits per heavy atom. The molecule has 3 rings (SSSR count). The minimum absolute atomic E-state index is 0.264. The third-order valence-corrected chi connectivity index (χ3v) is 4.80. The first-order valence-corrected chi connectivity index (χ1v) is 9.19. The van der Waals surface area contributed by atoms with Crippen molar-refractivity contribution in [2.75, 3.05) is 31.4 Å². The molecule has 0 spiro atoms. The average Bonchev–Trinajstić information content (AvgIpc) is 3.20. The summed E-state index contributed by atoms with van der Waals surface area (Å²) in [5, 5.41) is 5.73. The molecule has 2 N–H and O–H groups in total. The Balaban J connectivity index is 1.73. The maximum Gasteiger partial charge on any atom is 0.322 e. The summed E-state index contributed by atoms with van der Waals surface area (Å²) in [6.45, 7) is 2.51. The highest BCUT2D eigenvalue weighted by Crippen LogP contribution is 2.35. The summed E-state index contributed by atoms with van der Waals surface area (Å²) in [6, 6.07) is 12.0. The molecule has 2 aromatic carbocycles. The number of hydrogen-bond donors (Lipinski definition) is 2. The summed E-state index contributed by atoms with van der Waals surface area (Å²) in [5.41, 5.74) is 2.28. The predicted molar refractivity (Wildman–Crippen MR) is 108 cm³/mol. The van der Waals surface area contributed by atoms with E-state index in [1.165, 1.54) is 14.2 Å². The van der Waals surface area contributed by atoms with Gasteiger partial charge >= 0.3 is 6.03 Å². The standard InChI is InChI=1S/C21H25N3O4/c1-14-9-11-15(12-10-14)22-21(26)24-13-5-6-16(24)20(25)23-19-17(27-2)7-4-8-18(19)28-3/h4,7-12,16H,5-6,13H2,1-3H3,(H,22,26)(H,23,25)/t16-/m0/s1. The Morgan fingerprint density at radius 1 is 1.00 bits per heavy atom. The van der Waals surface area contributed by atoms with Gasteiger partial charge in [0.15, 0.2) is 0 Å². The predicted octanol–water partition coefficient (Wildman–Crippen LogP) is 3.65. The zero-order valence-corrected chi connectivity index (χ0v) is 16.3. The molecule has 28 heavy (non-hydrogen) atoms. The SMILES string of the molecule is COc1cccc(OC)c1NC(=O)[C@@H]1CCCN1C(=O)Nc1ccc(C)cc1. The van der Waals surface area contributed by atoms with Crippen LogP contribution in [0.2, 0.25) is 0 Å². The zero-order valence-electron chi connectivity index (χ0n) is 16.3. The normalized spacial score (nSPS) is 15.8. The van der Waals surface area contributed by atoms with Crippen LogP contribution in [0.1, 0.15) is 18.4 Å². The topological polar surface area (TPSA) is 79.9 Å². The van der Waals surface area contributed by atoms with E-state index in [1.54, 1.807) is 23.1 Å². The van der Waals surface area contributed by atoms with Gasteiger partial charge in [-0.05, 0) is 44.0 Å². The quantitative estimate of drug-likeness (QED) is 0.826. The van der Waals surface area contributed by atoms with E-state index in [1.807, 2.05) is 31.2 Å². The van der Waals surface area contributed by atoms with Gasteiger partial charge in [0.25, 0.3) is 0 Å². The van der Waals surface area contributed by atoms with Crippen LogP contribution in [0.4, 0.5) is 16.2 Å². The van der Waals surface area contributed by atoms with E-state index < -0.39 is 6.04 Å². The number of anilines is 2. The van der Waals surface area contributed by atoms with Crippen LogP contribution in [0.15, 0.2) is 42.5 Å². The molecule has 0 radical (unpaired) electrons. The fraction of sp³-hybridized carbons (Fsp3) is 0.333. The van der Waals surface area contributed by atoms with Crippen LogP contribution in [-0.2, 0) is 4.79 Å². The van der Waals surface area contributed by atoms with E-state index in [9.17, 15) is 9.59 Å². The zero-order chi connectivity index (χ0) is 20.1. The molecule has 0 saturated carbocycles. The second-order valence-corrected chi connectivity index (χ2v) is 6.67. The molecule has 0 unspecified atom stereocenters. The van der Waals surface area contributed by atoms with Crippen molar-refractivity contribution in [2.45, 2.75) is 25.8 Å². The number of amides is 3. The number of benzene rings is 2. The number of methoxy groups -OCH3 is 2. The molecule has 7 nitrogen and oxygen atoms in total. The number of nitrogens with zero attached hydrogens (tertiary/aromatic N) is 1. The summed E-state index contributed by atoms with van der Waals surface area (Å²) in [6.07, 6.45) is 1.37. The number of carbonyl (C=O) groups is 2. The highest BCUT2D eigenvalue weighted by atomic mass is 16.5. The lowest BCUT2D eigenvalue weighted by molar-refractivity contribution is -0.119. The molecule has 1 saturated heterocycles. The lowest BCUT2D eigenvalue weighted by Crippen LogP contribution is -2.45. The number of carbonyl (C=O) groups excluding carboxylic acids is 2. The second-order valence-electron chi connectivity index (χ2n) is 6.67. The molecule has 148 valence electrons. The highest BCUT2D eigenvalue weighted by molar-refractivity contribution is 6.01. The lowest BCUT2D eigenvalue weighted by atomic mass is 10.2. The van der Waals surface area contributed by atoms with Gasteiger partial charge in [-0.3, -0.25) is 4.79 Å². The van der Waals surface area contributed by atoms with E-state index in [0.29, 0.717) is 35.8 Å². The molecule has 1 fully saturated rings. The van der Waals surface area contributed by atoms with Gasteiger partial charge in [-0.2, -0.15) is 0 Å². The van der Waals surface area contributed by atoms with Gasteiger partial charge in [-0.1, -0.05) is 23.8 Å². The van der Waals surface area contributed by atoms with Gasteiger partial charge in [0.05, 0.1) is 14.2 Å². The number of ether oxygens (including phenoxy) is 2. The molecular weight excluding hydrogens is 358 g/mol. The maximum absolute atomic E-state index is 12.9. The Bertz CT molecular complexity index is 829. The fourth-order valence-electron chi connectivity index (χ4n) is 3.30. The van der Waals surface area contributed by atoms with Crippen molar-refractivity contribution in [1.29, 1.82) is 0 Å². The van der Waals surface area contributed by atoms with Crippen LogP contribution >= 0.6 is 0 Å². The first kappa shape index (κ1) is 19.5. The Kier molecular flexibility index (Phi) is 6.03. The number of nitrogens with one attached hydrogen (secondary N) is 2. The molecule has 1 aliphatic rings. The van der Waals surface area contributed by atoms with E-state index in [0.717, 1.165) is 12.0 Å². The van der Waals surface area contributed by atoms with Crippen LogP contribution in [0, 0.1) is 6.92 Å². The second kappa shape index (κ2) is 8.65. The van der Waals surface area contributed by atoms with Crippen molar-refractivity contribution in [1.82, 2.24) is 4.90 Å². The molecule has 0 bridgehead atoms. The average molecular weight is 383 g/mol. The van der Waals surface area contributed by atoms with Gasteiger partial charge in [0.2, 0.25) is 5.91 Å². The van der Waals surface area contributed by atoms with E-state index in [2.05, 4.69) is 10.6 Å². The Hall–Kier alpha value is -3.22. The van der Waals surface area contributed by atoms with Gasteiger partial charge in [0.1, 0.15) is 23.2 Å². The van der Waals surface area contributed by atoms with Crippen LogP contribution in [0.5, 0.6) is 11.5 Å². The molecule has 2 aromatic rings. The lowest BCUT2D eigenvalue weighted by Gasteiger charge is -2.25. The number of hydrogen-bond acceptors (Lipinski definition) is 4. The first-order chi connectivity index (χ1) is 13.5. The number of para-hydroxylation sites is 1. The minimum atomic E-state index is -0.555.